The number of aryl methyl sites for hydroxylation is 1. The molecule has 0 amide bonds. The number of ether oxygens (including phenoxy) is 4. The maximum atomic E-state index is 14.0. The second-order valence-corrected chi connectivity index (χ2v) is 44.7. The molecule has 6 aromatic carbocycles. The number of nitrogens with two attached hydrogens (primary N) is 1. The Morgan fingerprint density at radius 1 is 0.455 bits per heavy atom. The van der Waals surface area contributed by atoms with Gasteiger partial charge in [0, 0.05) is 126 Å². The third-order valence-electron chi connectivity index (χ3n) is 18.8. The zero-order valence-electron chi connectivity index (χ0n) is 67.7. The summed E-state index contributed by atoms with van der Waals surface area (Å²) in [5.41, 5.74) is 12.2. The summed E-state index contributed by atoms with van der Waals surface area (Å²) >= 11 is 20.2. The number of carboxylic acids is 1. The number of halogens is 7. The normalized spacial score (nSPS) is 10.7. The minimum Gasteiger partial charge on any atom is -0.493 e. The topological polar surface area (TPSA) is 246 Å². The van der Waals surface area contributed by atoms with E-state index in [4.69, 9.17) is 64.6 Å². The van der Waals surface area contributed by atoms with Crippen molar-refractivity contribution in [3.63, 3.8) is 0 Å². The van der Waals surface area contributed by atoms with Crippen molar-refractivity contribution in [2.75, 3.05) is 35.0 Å². The van der Waals surface area contributed by atoms with E-state index in [-0.39, 0.29) is 39.9 Å². The summed E-state index contributed by atoms with van der Waals surface area (Å²) in [6, 6.07) is 38.4. The molecule has 3 N–H and O–H groups in total. The van der Waals surface area contributed by atoms with Crippen LogP contribution in [0.5, 0.6) is 23.0 Å². The molecule has 0 aliphatic rings. The van der Waals surface area contributed by atoms with Gasteiger partial charge in [0.05, 0.1) is 58.5 Å². The molecule has 18 nitrogen and oxygen atoms in total. The molecule has 30 heteroatoms. The number of aromatic carboxylic acids is 1. The van der Waals surface area contributed by atoms with E-state index in [1.165, 1.54) is 141 Å². The first-order chi connectivity index (χ1) is 58.7. The van der Waals surface area contributed by atoms with E-state index in [1.54, 1.807) is 125 Å². The smallest absolute Gasteiger partial charge is 0.335 e. The van der Waals surface area contributed by atoms with Gasteiger partial charge in [-0.05, 0) is 128 Å². The van der Waals surface area contributed by atoms with Gasteiger partial charge in [-0.1, -0.05) is 78.3 Å². The van der Waals surface area contributed by atoms with Gasteiger partial charge < -0.3 is 29.8 Å². The summed E-state index contributed by atoms with van der Waals surface area (Å²) in [7, 11) is 6.07. The molecule has 0 atom stereocenters. The Morgan fingerprint density at radius 2 is 0.826 bits per heavy atom. The van der Waals surface area contributed by atoms with Gasteiger partial charge in [0.2, 0.25) is 5.28 Å². The molecule has 0 saturated heterocycles. The summed E-state index contributed by atoms with van der Waals surface area (Å²) < 4.78 is 84.9. The average Bonchev–Trinajstić information content (AvgIpc) is 1.67. The molecule has 15 aromatic rings. The number of rotatable bonds is 27. The van der Waals surface area contributed by atoms with Gasteiger partial charge in [0.25, 0.3) is 0 Å². The molecule has 0 unspecified atom stereocenters. The number of hydrogen-bond acceptors (Lipinski definition) is 21. The van der Waals surface area contributed by atoms with Crippen molar-refractivity contribution in [2.45, 2.75) is 98.3 Å². The monoisotopic (exact) mass is 1880 g/mol. The number of carbonyl (C=O) groups excluding carboxylic acids is 1. The van der Waals surface area contributed by atoms with E-state index in [0.717, 1.165) is 60.9 Å². The summed E-state index contributed by atoms with van der Waals surface area (Å²) in [6.07, 6.45) is 20.7. The van der Waals surface area contributed by atoms with Crippen LogP contribution in [0, 0.1) is 23.3 Å². The second kappa shape index (κ2) is 48.4. The average molecular weight is 1880 g/mol. The standard InChI is InChI=1S/C24H21FN2O3S.C14H12FN3S.C14H9FN2S.C12H6ClFN2S.C9H10O4.C4H2Cl2N2.3C4H9.C2H3.Sn/c1-29-21-10-9-15(13-22(21)30-2)20(28)8-3-5-16-11-12-26-24(27-16)18-14-31-23-17(18)6-4-7-19(23)25;15-12-3-1-2-10-11(8-19-13(10)12)14-17-7-5-9(18-14)4-6-16;1-2-9-6-7-16-14(17-9)11-8-18-13-10(11)4-3-5-12(13)15;13-10-4-5-15-12(16-10)8-6-17-11-7(8)2-1-3-9(11)14;1-12-7-4-3-6(9(10)11)5-8(7)13-2;5-3-1-2-7-4(6)8-3;3*1-3-4-2;1-2;/h4,6-7,9-14H,3,5,8H2,1-2H3;1-3,5,7-8H,4,6,16H2;2-8H,1H2;1-6H;3-5H,1-2H3,(H,10,11);1-2H;3*1,3-4H2,2H3;1H,2H2;. The minimum atomic E-state index is -1.85. The number of carbonyl (C=O) groups is 2. The van der Waals surface area contributed by atoms with Gasteiger partial charge in [0.1, 0.15) is 33.6 Å². The van der Waals surface area contributed by atoms with E-state index in [1.807, 2.05) is 57.9 Å². The SMILES string of the molecule is C=Cc1ccnc(-c2csc3c(F)cccc23)n1.C=[CH][Sn]([CH2]CCC)([CH2]CCC)[CH2]CCC.COc1ccc(C(=O)CCCc2ccnc(-c3csc4c(F)cccc34)n2)cc1OC.COc1ccc(C(=O)O)cc1OC.Clc1ccnc(Cl)n1.Fc1cccc2c(-c3nccc(Cl)n3)csc12.NCCc1ccnc(-c2csc3c(F)cccc23)n1. The molecule has 0 spiro atoms. The zero-order chi connectivity index (χ0) is 86.8. The van der Waals surface area contributed by atoms with E-state index in [2.05, 4.69) is 87.9 Å². The molecular formula is C91H90Cl3F4N11O7S4Sn. The Bertz CT molecular complexity index is 5910. The maximum Gasteiger partial charge on any atom is 0.335 e. The number of hydrogen-bond donors (Lipinski definition) is 2. The van der Waals surface area contributed by atoms with Crippen LogP contribution in [0.4, 0.5) is 17.6 Å². The van der Waals surface area contributed by atoms with Crippen LogP contribution >= 0.6 is 80.1 Å². The van der Waals surface area contributed by atoms with Crippen molar-refractivity contribution in [1.82, 2.24) is 49.8 Å². The molecular weight excluding hydrogens is 1790 g/mol. The number of carboxylic acid groups (broad SMARTS) is 1. The first-order valence-corrected chi connectivity index (χ1v) is 50.9. The number of nitrogens with zero attached hydrogens (tertiary/aromatic N) is 10. The fourth-order valence-corrected chi connectivity index (χ4v) is 29.7. The van der Waals surface area contributed by atoms with Crippen LogP contribution in [0.2, 0.25) is 28.9 Å². The molecule has 0 fully saturated rings. The van der Waals surface area contributed by atoms with Crippen LogP contribution in [0.1, 0.15) is 110 Å². The number of benzene rings is 6. The van der Waals surface area contributed by atoms with Crippen molar-refractivity contribution < 1.29 is 51.2 Å². The van der Waals surface area contributed by atoms with Gasteiger partial charge >= 0.3 is 108 Å². The molecule has 9 heterocycles. The van der Waals surface area contributed by atoms with Crippen LogP contribution in [-0.2, 0) is 12.8 Å². The number of aromatic nitrogens is 10. The van der Waals surface area contributed by atoms with E-state index < -0.39 is 24.3 Å². The van der Waals surface area contributed by atoms with Gasteiger partial charge in [-0.3, -0.25) is 4.79 Å². The Balaban J connectivity index is 0.000000166. The van der Waals surface area contributed by atoms with Crippen molar-refractivity contribution in [2.24, 2.45) is 5.73 Å². The van der Waals surface area contributed by atoms with Crippen molar-refractivity contribution >= 4 is 157 Å². The number of Topliss-reactive ketones (excluding diaryl/α,β-unsaturated/α-hetero) is 1. The Labute approximate surface area is 735 Å². The largest absolute Gasteiger partial charge is 0.493 e. The van der Waals surface area contributed by atoms with Crippen LogP contribution in [0.25, 0.3) is 92.0 Å². The zero-order valence-corrected chi connectivity index (χ0v) is 76.1. The van der Waals surface area contributed by atoms with Gasteiger partial charge in [-0.2, -0.15) is 0 Å². The van der Waals surface area contributed by atoms with E-state index in [9.17, 15) is 27.2 Å². The summed E-state index contributed by atoms with van der Waals surface area (Å²) in [5.74, 6) is 2.57. The molecule has 0 saturated carbocycles. The van der Waals surface area contributed by atoms with Crippen molar-refractivity contribution in [1.29, 1.82) is 0 Å². The maximum absolute atomic E-state index is 14.0. The summed E-state index contributed by atoms with van der Waals surface area (Å²) in [6.45, 7) is 15.4. The third-order valence-corrected chi connectivity index (χ3v) is 37.4. The van der Waals surface area contributed by atoms with E-state index in [0.29, 0.717) is 113 Å². The fraction of sp³-hybridized carbons (Fsp3) is 0.231. The molecule has 0 aliphatic carbocycles. The van der Waals surface area contributed by atoms with Gasteiger partial charge in [0.15, 0.2) is 52.1 Å². The van der Waals surface area contributed by atoms with Gasteiger partial charge in [-0.25, -0.2) is 72.2 Å². The van der Waals surface area contributed by atoms with Crippen molar-refractivity contribution in [3.05, 3.63) is 276 Å². The molecule has 628 valence electrons. The number of ketones is 1. The molecule has 0 bridgehead atoms. The molecule has 0 aliphatic heterocycles. The molecule has 0 radical (unpaired) electrons. The van der Waals surface area contributed by atoms with E-state index >= 15 is 0 Å². The summed E-state index contributed by atoms with van der Waals surface area (Å²) in [4.78, 5) is 65.0. The van der Waals surface area contributed by atoms with Crippen LogP contribution in [0.15, 0.2) is 209 Å². The number of fused-ring (bicyclic) bond motifs is 4. The molecule has 9 aromatic heterocycles. The van der Waals surface area contributed by atoms with Crippen LogP contribution in [0.3, 0.4) is 0 Å². The number of methoxy groups -OCH3 is 4. The first-order valence-electron chi connectivity index (χ1n) is 38.6. The fourth-order valence-electron chi connectivity index (χ4n) is 12.5. The Hall–Kier alpha value is -10.3. The first kappa shape index (κ1) is 94.6. The Morgan fingerprint density at radius 3 is 1.19 bits per heavy atom. The number of unbranched alkanes of at least 4 members (excludes halogenated alkanes) is 3. The predicted octanol–water partition coefficient (Wildman–Crippen LogP) is 25.8. The van der Waals surface area contributed by atoms with Crippen molar-refractivity contribution in [3.8, 4) is 68.5 Å². The quantitative estimate of drug-likeness (QED) is 0.0160. The minimum absolute atomic E-state index is 0.0366. The Kier molecular flexibility index (Phi) is 37.8. The molecule has 15 rings (SSSR count). The van der Waals surface area contributed by atoms with Crippen LogP contribution in [-0.4, -0.2) is 120 Å². The number of thiophene rings is 4. The summed E-state index contributed by atoms with van der Waals surface area (Å²) in [5, 5.41) is 20.4. The molecule has 121 heavy (non-hydrogen) atoms. The third kappa shape index (κ3) is 26.6. The predicted molar refractivity (Wildman–Crippen MR) is 490 cm³/mol. The second-order valence-electron chi connectivity index (χ2n) is 26.8. The van der Waals surface area contributed by atoms with Crippen LogP contribution < -0.4 is 24.7 Å². The van der Waals surface area contributed by atoms with Gasteiger partial charge in [-0.15, -0.1) is 45.3 Å².